The lowest BCUT2D eigenvalue weighted by molar-refractivity contribution is -0.139. The number of carboxylic acids is 2. The Bertz CT molecular complexity index is 560. The summed E-state index contributed by atoms with van der Waals surface area (Å²) < 4.78 is 29.2. The van der Waals surface area contributed by atoms with Gasteiger partial charge in [0.1, 0.15) is 0 Å². The smallest absolute Gasteiger partial charge is 0.331 e. The van der Waals surface area contributed by atoms with Crippen LogP contribution in [0.2, 0.25) is 0 Å². The zero-order chi connectivity index (χ0) is 15.1. The first-order valence-corrected chi connectivity index (χ1v) is 6.24. The fraction of sp³-hybridized carbons (Fsp3) is 0.0909. The van der Waals surface area contributed by atoms with Gasteiger partial charge in [-0.25, -0.2) is 4.79 Å². The van der Waals surface area contributed by atoms with E-state index in [2.05, 4.69) is 6.58 Å². The Labute approximate surface area is 109 Å². The van der Waals surface area contributed by atoms with Gasteiger partial charge in [0.15, 0.2) is 0 Å². The predicted octanol–water partition coefficient (Wildman–Crippen LogP) is 1.04. The Balaban J connectivity index is 0.000000344. The van der Waals surface area contributed by atoms with Crippen molar-refractivity contribution >= 4 is 22.1 Å². The third-order valence-electron chi connectivity index (χ3n) is 1.71. The number of hydrogen-bond donors (Lipinski definition) is 3. The average Bonchev–Trinajstić information content (AvgIpc) is 2.29. The molecule has 0 aliphatic carbocycles. The zero-order valence-corrected chi connectivity index (χ0v) is 10.5. The van der Waals surface area contributed by atoms with Gasteiger partial charge in [0, 0.05) is 5.57 Å². The zero-order valence-electron chi connectivity index (χ0n) is 9.68. The van der Waals surface area contributed by atoms with E-state index >= 15 is 0 Å². The van der Waals surface area contributed by atoms with Crippen molar-refractivity contribution in [2.45, 2.75) is 11.3 Å². The molecule has 0 amide bonds. The molecule has 0 fully saturated rings. The quantitative estimate of drug-likeness (QED) is 0.557. The van der Waals surface area contributed by atoms with Gasteiger partial charge < -0.3 is 10.2 Å². The lowest BCUT2D eigenvalue weighted by Crippen LogP contribution is -2.04. The van der Waals surface area contributed by atoms with Crippen LogP contribution in [0.3, 0.4) is 0 Å². The van der Waals surface area contributed by atoms with Crippen molar-refractivity contribution in [3.63, 3.8) is 0 Å². The van der Waals surface area contributed by atoms with E-state index in [0.717, 1.165) is 0 Å². The fourth-order valence-corrected chi connectivity index (χ4v) is 1.35. The van der Waals surface area contributed by atoms with Crippen LogP contribution in [0.15, 0.2) is 47.4 Å². The number of carbonyl (C=O) groups is 2. The molecule has 1 aromatic rings. The summed E-state index contributed by atoms with van der Waals surface area (Å²) in [4.78, 5) is 19.6. The molecule has 8 heteroatoms. The van der Waals surface area contributed by atoms with E-state index in [0.29, 0.717) is 0 Å². The molecule has 0 radical (unpaired) electrons. The molecule has 0 unspecified atom stereocenters. The molecule has 0 aliphatic heterocycles. The molecule has 1 rings (SSSR count). The van der Waals surface area contributed by atoms with Crippen LogP contribution in [-0.2, 0) is 19.7 Å². The van der Waals surface area contributed by atoms with Gasteiger partial charge in [0.25, 0.3) is 10.1 Å². The van der Waals surface area contributed by atoms with Gasteiger partial charge in [0.05, 0.1) is 11.3 Å². The standard InChI is InChI=1S/C6H6O3S.C5H6O4/c7-10(8,9)6-4-2-1-3-5-6;1-3(5(8)9)2-4(6)7/h1-5H,(H,7,8,9);1-2H2,(H,6,7)(H,8,9). The van der Waals surface area contributed by atoms with Crippen molar-refractivity contribution in [2.24, 2.45) is 0 Å². The fourth-order valence-electron chi connectivity index (χ4n) is 0.851. The van der Waals surface area contributed by atoms with Gasteiger partial charge >= 0.3 is 11.9 Å². The Hall–Kier alpha value is -2.19. The summed E-state index contributed by atoms with van der Waals surface area (Å²) in [6.45, 7) is 3.01. The summed E-state index contributed by atoms with van der Waals surface area (Å²) in [5, 5.41) is 16.1. The Kier molecular flexibility index (Phi) is 6.45. The van der Waals surface area contributed by atoms with Gasteiger partial charge in [-0.1, -0.05) is 24.8 Å². The van der Waals surface area contributed by atoms with Crippen LogP contribution in [0.5, 0.6) is 0 Å². The first-order valence-electron chi connectivity index (χ1n) is 4.80. The van der Waals surface area contributed by atoms with Crippen LogP contribution in [-0.4, -0.2) is 35.1 Å². The van der Waals surface area contributed by atoms with E-state index in [9.17, 15) is 18.0 Å². The lowest BCUT2D eigenvalue weighted by atomic mass is 10.2. The average molecular weight is 288 g/mol. The Morgan fingerprint density at radius 3 is 1.79 bits per heavy atom. The first kappa shape index (κ1) is 16.8. The Morgan fingerprint density at radius 2 is 1.58 bits per heavy atom. The summed E-state index contributed by atoms with van der Waals surface area (Å²) in [6, 6.07) is 7.42. The number of aliphatic carboxylic acids is 2. The SMILES string of the molecule is C=C(CC(=O)O)C(=O)O.O=S(=O)(O)c1ccccc1. The van der Waals surface area contributed by atoms with Gasteiger partial charge in [-0.05, 0) is 12.1 Å². The topological polar surface area (TPSA) is 129 Å². The largest absolute Gasteiger partial charge is 0.481 e. The maximum atomic E-state index is 10.4. The number of benzene rings is 1. The second kappa shape index (κ2) is 7.29. The van der Waals surface area contributed by atoms with E-state index in [4.69, 9.17) is 14.8 Å². The highest BCUT2D eigenvalue weighted by molar-refractivity contribution is 7.85. The van der Waals surface area contributed by atoms with Crippen molar-refractivity contribution in [2.75, 3.05) is 0 Å². The summed E-state index contributed by atoms with van der Waals surface area (Å²) in [5.74, 6) is -2.44. The van der Waals surface area contributed by atoms with Gasteiger partial charge in [0.2, 0.25) is 0 Å². The van der Waals surface area contributed by atoms with E-state index in [1.54, 1.807) is 18.2 Å². The second-order valence-electron chi connectivity index (χ2n) is 3.27. The van der Waals surface area contributed by atoms with Crippen LogP contribution in [0, 0.1) is 0 Å². The molecular formula is C11H12O7S. The molecule has 0 saturated heterocycles. The summed E-state index contributed by atoms with van der Waals surface area (Å²) in [6.07, 6.45) is -0.505. The molecule has 7 nitrogen and oxygen atoms in total. The molecule has 0 bridgehead atoms. The van der Waals surface area contributed by atoms with E-state index in [1.807, 2.05) is 0 Å². The molecule has 19 heavy (non-hydrogen) atoms. The van der Waals surface area contributed by atoms with Crippen molar-refractivity contribution < 1.29 is 32.8 Å². The van der Waals surface area contributed by atoms with Crippen molar-refractivity contribution in [3.8, 4) is 0 Å². The van der Waals surface area contributed by atoms with Crippen molar-refractivity contribution in [1.82, 2.24) is 0 Å². The molecule has 104 valence electrons. The van der Waals surface area contributed by atoms with Crippen molar-refractivity contribution in [1.29, 1.82) is 0 Å². The lowest BCUT2D eigenvalue weighted by Gasteiger charge is -1.92. The van der Waals surface area contributed by atoms with Crippen LogP contribution >= 0.6 is 0 Å². The van der Waals surface area contributed by atoms with E-state index in [1.165, 1.54) is 12.1 Å². The third kappa shape index (κ3) is 7.68. The molecule has 0 spiro atoms. The Morgan fingerprint density at radius 1 is 1.11 bits per heavy atom. The van der Waals surface area contributed by atoms with Crippen LogP contribution in [0.25, 0.3) is 0 Å². The molecule has 0 heterocycles. The maximum Gasteiger partial charge on any atom is 0.331 e. The molecule has 0 saturated carbocycles. The summed E-state index contributed by atoms with van der Waals surface area (Å²) in [7, 11) is -4.00. The monoisotopic (exact) mass is 288 g/mol. The van der Waals surface area contributed by atoms with Gasteiger partial charge in [-0.2, -0.15) is 8.42 Å². The van der Waals surface area contributed by atoms with E-state index < -0.39 is 28.5 Å². The highest BCUT2D eigenvalue weighted by Gasteiger charge is 2.07. The molecule has 0 atom stereocenters. The maximum absolute atomic E-state index is 10.4. The van der Waals surface area contributed by atoms with E-state index in [-0.39, 0.29) is 10.5 Å². The number of hydrogen-bond acceptors (Lipinski definition) is 4. The molecule has 3 N–H and O–H groups in total. The van der Waals surface area contributed by atoms with Crippen LogP contribution in [0.4, 0.5) is 0 Å². The van der Waals surface area contributed by atoms with Gasteiger partial charge in [-0.3, -0.25) is 9.35 Å². The summed E-state index contributed by atoms with van der Waals surface area (Å²) in [5.41, 5.74) is -0.303. The minimum atomic E-state index is -4.00. The summed E-state index contributed by atoms with van der Waals surface area (Å²) >= 11 is 0. The number of rotatable bonds is 4. The molecule has 0 aromatic heterocycles. The third-order valence-corrected chi connectivity index (χ3v) is 2.58. The normalized spacial score (nSPS) is 9.95. The molecular weight excluding hydrogens is 276 g/mol. The van der Waals surface area contributed by atoms with Crippen LogP contribution < -0.4 is 0 Å². The van der Waals surface area contributed by atoms with Gasteiger partial charge in [-0.15, -0.1) is 0 Å². The molecule has 0 aliphatic rings. The first-order chi connectivity index (χ1) is 8.64. The minimum absolute atomic E-state index is 0.0741. The number of carboxylic acid groups (broad SMARTS) is 2. The highest BCUT2D eigenvalue weighted by Crippen LogP contribution is 2.05. The second-order valence-corrected chi connectivity index (χ2v) is 4.69. The predicted molar refractivity (Wildman–Crippen MR) is 65.3 cm³/mol. The van der Waals surface area contributed by atoms with Crippen LogP contribution in [0.1, 0.15) is 6.42 Å². The molecule has 1 aromatic carbocycles. The van der Waals surface area contributed by atoms with Crippen molar-refractivity contribution in [3.05, 3.63) is 42.5 Å². The highest BCUT2D eigenvalue weighted by atomic mass is 32.2. The minimum Gasteiger partial charge on any atom is -0.481 e.